The van der Waals surface area contributed by atoms with E-state index in [4.69, 9.17) is 4.74 Å². The monoisotopic (exact) mass is 260 g/mol. The van der Waals surface area contributed by atoms with Gasteiger partial charge < -0.3 is 4.74 Å². The van der Waals surface area contributed by atoms with Crippen molar-refractivity contribution in [3.63, 3.8) is 0 Å². The summed E-state index contributed by atoms with van der Waals surface area (Å²) in [6, 6.07) is 3.12. The van der Waals surface area contributed by atoms with Crippen molar-refractivity contribution in [1.29, 1.82) is 0 Å². The molecule has 0 fully saturated rings. The zero-order valence-electron chi connectivity index (χ0n) is 10.3. The van der Waals surface area contributed by atoms with Gasteiger partial charge in [-0.1, -0.05) is 6.92 Å². The van der Waals surface area contributed by atoms with E-state index in [1.807, 2.05) is 6.92 Å². The SMILES string of the molecule is CCc1cc(C=O)nn1COC(=O)c1ccncn1. The van der Waals surface area contributed by atoms with E-state index in [9.17, 15) is 9.59 Å². The average molecular weight is 260 g/mol. The van der Waals surface area contributed by atoms with Gasteiger partial charge in [0.2, 0.25) is 0 Å². The normalized spacial score (nSPS) is 10.2. The molecule has 2 aromatic heterocycles. The molecule has 98 valence electrons. The number of esters is 1. The van der Waals surface area contributed by atoms with Crippen molar-refractivity contribution >= 4 is 12.3 Å². The van der Waals surface area contributed by atoms with Gasteiger partial charge in [-0.15, -0.1) is 0 Å². The molecule has 0 amide bonds. The Morgan fingerprint density at radius 2 is 2.37 bits per heavy atom. The lowest BCUT2D eigenvalue weighted by molar-refractivity contribution is 0.0337. The standard InChI is InChI=1S/C12H12N4O3/c1-2-10-5-9(6-17)15-16(10)8-19-12(18)11-3-4-13-7-14-11/h3-7H,2,8H2,1H3. The molecule has 0 atom stereocenters. The zero-order chi connectivity index (χ0) is 13.7. The Hall–Kier alpha value is -2.57. The van der Waals surface area contributed by atoms with Crippen LogP contribution in [0.3, 0.4) is 0 Å². The minimum Gasteiger partial charge on any atom is -0.438 e. The van der Waals surface area contributed by atoms with Crippen LogP contribution in [-0.4, -0.2) is 32.0 Å². The van der Waals surface area contributed by atoms with Crippen LogP contribution in [0, 0.1) is 0 Å². The van der Waals surface area contributed by atoms with Gasteiger partial charge in [0, 0.05) is 11.9 Å². The fraction of sp³-hybridized carbons (Fsp3) is 0.250. The van der Waals surface area contributed by atoms with Gasteiger partial charge in [-0.3, -0.25) is 4.79 Å². The second-order valence-corrected chi connectivity index (χ2v) is 3.69. The van der Waals surface area contributed by atoms with Gasteiger partial charge in [0.15, 0.2) is 18.7 Å². The van der Waals surface area contributed by atoms with E-state index >= 15 is 0 Å². The van der Waals surface area contributed by atoms with E-state index < -0.39 is 5.97 Å². The summed E-state index contributed by atoms with van der Waals surface area (Å²) in [4.78, 5) is 29.8. The Bertz CT molecular complexity index is 580. The second kappa shape index (κ2) is 5.85. The van der Waals surface area contributed by atoms with Crippen LogP contribution in [0.15, 0.2) is 24.7 Å². The van der Waals surface area contributed by atoms with Gasteiger partial charge in [0.1, 0.15) is 12.0 Å². The summed E-state index contributed by atoms with van der Waals surface area (Å²) in [7, 11) is 0. The van der Waals surface area contributed by atoms with Gasteiger partial charge in [-0.2, -0.15) is 5.10 Å². The van der Waals surface area contributed by atoms with Gasteiger partial charge in [0.25, 0.3) is 0 Å². The van der Waals surface area contributed by atoms with Crippen molar-refractivity contribution in [1.82, 2.24) is 19.7 Å². The van der Waals surface area contributed by atoms with E-state index in [0.717, 1.165) is 5.69 Å². The van der Waals surface area contributed by atoms with Crippen molar-refractivity contribution in [2.24, 2.45) is 0 Å². The highest BCUT2D eigenvalue weighted by molar-refractivity contribution is 5.86. The Morgan fingerprint density at radius 1 is 1.53 bits per heavy atom. The maximum Gasteiger partial charge on any atom is 0.358 e. The highest BCUT2D eigenvalue weighted by atomic mass is 16.5. The molecular formula is C12H12N4O3. The summed E-state index contributed by atoms with van der Waals surface area (Å²) < 4.78 is 6.54. The number of rotatable bonds is 5. The maximum atomic E-state index is 11.7. The number of nitrogens with zero attached hydrogens (tertiary/aromatic N) is 4. The first-order chi connectivity index (χ1) is 9.24. The molecular weight excluding hydrogens is 248 g/mol. The van der Waals surface area contributed by atoms with Crippen molar-refractivity contribution < 1.29 is 14.3 Å². The predicted molar refractivity (Wildman–Crippen MR) is 64.4 cm³/mol. The quantitative estimate of drug-likeness (QED) is 0.585. The topological polar surface area (TPSA) is 87.0 Å². The third kappa shape index (κ3) is 3.01. The van der Waals surface area contributed by atoms with Gasteiger partial charge in [-0.25, -0.2) is 19.4 Å². The van der Waals surface area contributed by atoms with Crippen LogP contribution in [0.25, 0.3) is 0 Å². The van der Waals surface area contributed by atoms with Crippen LogP contribution < -0.4 is 0 Å². The first kappa shape index (κ1) is 12.9. The molecule has 7 nitrogen and oxygen atoms in total. The molecule has 0 unspecified atom stereocenters. The van der Waals surface area contributed by atoms with E-state index in [-0.39, 0.29) is 12.4 Å². The molecule has 2 aromatic rings. The largest absolute Gasteiger partial charge is 0.438 e. The van der Waals surface area contributed by atoms with Crippen LogP contribution in [0.4, 0.5) is 0 Å². The van der Waals surface area contributed by atoms with Crippen LogP contribution in [0.5, 0.6) is 0 Å². The molecule has 0 N–H and O–H groups in total. The fourth-order valence-electron chi connectivity index (χ4n) is 1.54. The number of carbonyl (C=O) groups excluding carboxylic acids is 2. The zero-order valence-corrected chi connectivity index (χ0v) is 10.3. The van der Waals surface area contributed by atoms with Gasteiger partial charge in [0.05, 0.1) is 0 Å². The number of carbonyl (C=O) groups is 2. The molecule has 0 aliphatic heterocycles. The lowest BCUT2D eigenvalue weighted by atomic mass is 10.3. The van der Waals surface area contributed by atoms with Crippen LogP contribution in [0.1, 0.15) is 33.6 Å². The minimum absolute atomic E-state index is 0.0557. The van der Waals surface area contributed by atoms with E-state index in [1.54, 1.807) is 6.07 Å². The summed E-state index contributed by atoms with van der Waals surface area (Å²) in [5.74, 6) is -0.562. The molecule has 0 spiro atoms. The number of hydrogen-bond donors (Lipinski definition) is 0. The average Bonchev–Trinajstić information content (AvgIpc) is 2.88. The lowest BCUT2D eigenvalue weighted by Gasteiger charge is -2.06. The molecule has 2 rings (SSSR count). The molecule has 0 saturated heterocycles. The molecule has 0 saturated carbocycles. The van der Waals surface area contributed by atoms with Crippen LogP contribution >= 0.6 is 0 Å². The number of aromatic nitrogens is 4. The van der Waals surface area contributed by atoms with Gasteiger partial charge >= 0.3 is 5.97 Å². The smallest absolute Gasteiger partial charge is 0.358 e. The van der Waals surface area contributed by atoms with Crippen molar-refractivity contribution in [2.45, 2.75) is 20.1 Å². The minimum atomic E-state index is -0.562. The predicted octanol–water partition coefficient (Wildman–Crippen LogP) is 0.862. The third-order valence-corrected chi connectivity index (χ3v) is 2.47. The molecule has 0 aliphatic carbocycles. The summed E-state index contributed by atoms with van der Waals surface area (Å²) in [6.07, 6.45) is 4.07. The molecule has 7 heteroatoms. The number of hydrogen-bond acceptors (Lipinski definition) is 6. The highest BCUT2D eigenvalue weighted by Crippen LogP contribution is 2.05. The van der Waals surface area contributed by atoms with Crippen molar-refractivity contribution in [3.8, 4) is 0 Å². The first-order valence-corrected chi connectivity index (χ1v) is 5.69. The van der Waals surface area contributed by atoms with E-state index in [2.05, 4.69) is 15.1 Å². The lowest BCUT2D eigenvalue weighted by Crippen LogP contribution is -2.14. The Labute approximate surface area is 109 Å². The Balaban J connectivity index is 2.04. The number of ether oxygens (including phenoxy) is 1. The summed E-state index contributed by atoms with van der Waals surface area (Å²) in [5.41, 5.74) is 1.31. The fourth-order valence-corrected chi connectivity index (χ4v) is 1.54. The summed E-state index contributed by atoms with van der Waals surface area (Å²) in [5, 5.41) is 4.00. The van der Waals surface area contributed by atoms with E-state index in [1.165, 1.54) is 23.3 Å². The summed E-state index contributed by atoms with van der Waals surface area (Å²) >= 11 is 0. The molecule has 0 aliphatic rings. The molecule has 19 heavy (non-hydrogen) atoms. The molecule has 0 radical (unpaired) electrons. The van der Waals surface area contributed by atoms with Gasteiger partial charge in [-0.05, 0) is 18.6 Å². The Morgan fingerprint density at radius 3 is 3.00 bits per heavy atom. The number of aryl methyl sites for hydroxylation is 1. The third-order valence-electron chi connectivity index (χ3n) is 2.47. The van der Waals surface area contributed by atoms with Crippen LogP contribution in [-0.2, 0) is 17.9 Å². The van der Waals surface area contributed by atoms with Crippen LogP contribution in [0.2, 0.25) is 0 Å². The second-order valence-electron chi connectivity index (χ2n) is 3.69. The van der Waals surface area contributed by atoms with Crippen molar-refractivity contribution in [2.75, 3.05) is 0 Å². The number of aldehydes is 1. The molecule has 0 aromatic carbocycles. The maximum absolute atomic E-state index is 11.7. The van der Waals surface area contributed by atoms with E-state index in [0.29, 0.717) is 18.4 Å². The highest BCUT2D eigenvalue weighted by Gasteiger charge is 2.11. The molecule has 2 heterocycles. The van der Waals surface area contributed by atoms with Crippen molar-refractivity contribution in [3.05, 3.63) is 41.7 Å². The summed E-state index contributed by atoms with van der Waals surface area (Å²) in [6.45, 7) is 1.87. The Kier molecular flexibility index (Phi) is 3.97. The first-order valence-electron chi connectivity index (χ1n) is 5.69. The molecule has 0 bridgehead atoms.